The smallest absolute Gasteiger partial charge is 0.407 e. The van der Waals surface area contributed by atoms with Gasteiger partial charge in [-0.1, -0.05) is 170 Å². The minimum absolute atomic E-state index is 0.0769. The van der Waals surface area contributed by atoms with Crippen molar-refractivity contribution in [1.82, 2.24) is 16.0 Å². The summed E-state index contributed by atoms with van der Waals surface area (Å²) in [6.45, 7) is 0.406. The first-order valence-corrected chi connectivity index (χ1v) is 17.9. The molecule has 6 aromatic rings. The molecule has 0 bridgehead atoms. The molecule has 6 aromatic carbocycles. The van der Waals surface area contributed by atoms with Crippen LogP contribution in [-0.2, 0) is 26.3 Å². The molecule has 0 aromatic heterocycles. The fourth-order valence-corrected chi connectivity index (χ4v) is 7.32. The molecule has 0 unspecified atom stereocenters. The van der Waals surface area contributed by atoms with Crippen molar-refractivity contribution in [2.24, 2.45) is 0 Å². The van der Waals surface area contributed by atoms with Gasteiger partial charge in [0.25, 0.3) is 0 Å². The molecule has 1 aliphatic rings. The van der Waals surface area contributed by atoms with E-state index in [-0.39, 0.29) is 18.9 Å². The first-order chi connectivity index (χ1) is 26.0. The zero-order valence-corrected chi connectivity index (χ0v) is 29.3. The normalized spacial score (nSPS) is 12.5. The third kappa shape index (κ3) is 7.75. The van der Waals surface area contributed by atoms with Crippen LogP contribution < -0.4 is 16.0 Å². The van der Waals surface area contributed by atoms with E-state index < -0.39 is 29.5 Å². The zero-order valence-electron chi connectivity index (χ0n) is 29.3. The van der Waals surface area contributed by atoms with E-state index in [4.69, 9.17) is 4.74 Å². The summed E-state index contributed by atoms with van der Waals surface area (Å²) in [6.07, 6.45) is -0.506. The Labute approximate surface area is 310 Å². The molecule has 1 aliphatic carbocycles. The van der Waals surface area contributed by atoms with Gasteiger partial charge in [0.15, 0.2) is 0 Å². The van der Waals surface area contributed by atoms with Gasteiger partial charge in [-0.2, -0.15) is 0 Å². The number of amides is 3. The van der Waals surface area contributed by atoms with E-state index in [0.717, 1.165) is 44.5 Å². The van der Waals surface area contributed by atoms with Crippen molar-refractivity contribution < 1.29 is 19.1 Å². The third-order valence-corrected chi connectivity index (χ3v) is 9.84. The number of alkyl carbamates (subject to hydrolysis) is 1. The van der Waals surface area contributed by atoms with Crippen molar-refractivity contribution in [3.63, 3.8) is 0 Å². The van der Waals surface area contributed by atoms with Gasteiger partial charge in [0.05, 0.1) is 6.42 Å². The minimum Gasteiger partial charge on any atom is -0.449 e. The predicted molar refractivity (Wildman–Crippen MR) is 207 cm³/mol. The number of carbonyl (C=O) groups is 3. The summed E-state index contributed by atoms with van der Waals surface area (Å²) in [5.41, 5.74) is 6.90. The molecular formula is C46H41N3O4. The van der Waals surface area contributed by atoms with Crippen LogP contribution in [0, 0.1) is 0 Å². The van der Waals surface area contributed by atoms with E-state index in [1.807, 2.05) is 158 Å². The lowest BCUT2D eigenvalue weighted by molar-refractivity contribution is -0.128. The Balaban J connectivity index is 1.13. The molecule has 0 radical (unpaired) electrons. The summed E-state index contributed by atoms with van der Waals surface area (Å²) in [5.74, 6) is -1.06. The molecule has 0 saturated carbocycles. The highest BCUT2D eigenvalue weighted by Crippen LogP contribution is 2.44. The molecule has 0 spiro atoms. The Hall–Kier alpha value is -6.47. The summed E-state index contributed by atoms with van der Waals surface area (Å²) in [7, 11) is 0. The molecule has 0 aliphatic heterocycles. The van der Waals surface area contributed by atoms with Crippen LogP contribution in [0.1, 0.15) is 45.7 Å². The molecule has 0 saturated heterocycles. The van der Waals surface area contributed by atoms with Gasteiger partial charge in [-0.15, -0.1) is 0 Å². The number of fused-ring (bicyclic) bond motifs is 3. The standard InChI is InChI=1S/C46H41N3O4/c50-43(49-46(34-19-7-2-8-20-34,35-21-9-3-10-22-35)36-23-11-4-12-24-36)31-42(44(51)47-30-29-33-17-5-1-6-18-33)48-45(52)53-32-41-39-27-15-13-25-37(39)38-26-14-16-28-40(38)41/h1-28,41-42H,29-32H2,(H,47,51)(H,48,52)(H,49,50)/t42-/m0/s1. The molecular weight excluding hydrogens is 659 g/mol. The number of rotatable bonds is 13. The van der Waals surface area contributed by atoms with E-state index in [1.165, 1.54) is 0 Å². The number of nitrogens with one attached hydrogen (secondary N) is 3. The quantitative estimate of drug-likeness (QED) is 0.108. The molecule has 264 valence electrons. The topological polar surface area (TPSA) is 96.5 Å². The van der Waals surface area contributed by atoms with E-state index in [0.29, 0.717) is 13.0 Å². The Morgan fingerprint density at radius 2 is 1.04 bits per heavy atom. The van der Waals surface area contributed by atoms with Gasteiger partial charge in [-0.25, -0.2) is 4.79 Å². The second-order valence-electron chi connectivity index (χ2n) is 13.1. The van der Waals surface area contributed by atoms with Gasteiger partial charge in [0, 0.05) is 12.5 Å². The number of hydrogen-bond donors (Lipinski definition) is 3. The van der Waals surface area contributed by atoms with Crippen molar-refractivity contribution in [1.29, 1.82) is 0 Å². The van der Waals surface area contributed by atoms with E-state index in [2.05, 4.69) is 28.1 Å². The van der Waals surface area contributed by atoms with Gasteiger partial charge in [0.1, 0.15) is 18.2 Å². The largest absolute Gasteiger partial charge is 0.449 e. The molecule has 3 N–H and O–H groups in total. The highest BCUT2D eigenvalue weighted by atomic mass is 16.5. The summed E-state index contributed by atoms with van der Waals surface area (Å²) >= 11 is 0. The molecule has 3 amide bonds. The highest BCUT2D eigenvalue weighted by Gasteiger charge is 2.39. The maximum Gasteiger partial charge on any atom is 0.407 e. The van der Waals surface area contributed by atoms with Crippen molar-refractivity contribution in [3.05, 3.63) is 203 Å². The minimum atomic E-state index is -1.21. The maximum absolute atomic E-state index is 14.3. The number of hydrogen-bond acceptors (Lipinski definition) is 4. The molecule has 0 fully saturated rings. The Bertz CT molecular complexity index is 2020. The number of ether oxygens (including phenoxy) is 1. The van der Waals surface area contributed by atoms with E-state index >= 15 is 0 Å². The molecule has 1 atom stereocenters. The van der Waals surface area contributed by atoms with Crippen LogP contribution in [0.2, 0.25) is 0 Å². The van der Waals surface area contributed by atoms with Gasteiger partial charge in [-0.3, -0.25) is 9.59 Å². The van der Waals surface area contributed by atoms with Crippen molar-refractivity contribution in [3.8, 4) is 11.1 Å². The fourth-order valence-electron chi connectivity index (χ4n) is 7.32. The SMILES string of the molecule is O=C(C[C@H](NC(=O)OCC1c2ccccc2-c2ccccc21)C(=O)NCCc1ccccc1)NC(c1ccccc1)(c1ccccc1)c1ccccc1. The van der Waals surface area contributed by atoms with Crippen LogP contribution in [0.15, 0.2) is 170 Å². The lowest BCUT2D eigenvalue weighted by atomic mass is 9.77. The third-order valence-electron chi connectivity index (χ3n) is 9.84. The van der Waals surface area contributed by atoms with Crippen molar-refractivity contribution in [2.75, 3.05) is 13.2 Å². The van der Waals surface area contributed by atoms with Gasteiger partial charge >= 0.3 is 6.09 Å². The second-order valence-corrected chi connectivity index (χ2v) is 13.1. The van der Waals surface area contributed by atoms with Crippen LogP contribution in [-0.4, -0.2) is 37.1 Å². The Kier molecular flexibility index (Phi) is 10.7. The van der Waals surface area contributed by atoms with Crippen LogP contribution in [0.25, 0.3) is 11.1 Å². The predicted octanol–water partition coefficient (Wildman–Crippen LogP) is 7.75. The van der Waals surface area contributed by atoms with Crippen LogP contribution in [0.5, 0.6) is 0 Å². The lowest BCUT2D eigenvalue weighted by Gasteiger charge is -2.37. The van der Waals surface area contributed by atoms with Crippen LogP contribution in [0.4, 0.5) is 4.79 Å². The zero-order chi connectivity index (χ0) is 36.5. The summed E-state index contributed by atoms with van der Waals surface area (Å²) in [4.78, 5) is 41.7. The first-order valence-electron chi connectivity index (χ1n) is 17.9. The lowest BCUT2D eigenvalue weighted by Crippen LogP contribution is -2.53. The maximum atomic E-state index is 14.3. The Morgan fingerprint density at radius 3 is 1.55 bits per heavy atom. The van der Waals surface area contributed by atoms with Crippen molar-refractivity contribution >= 4 is 17.9 Å². The molecule has 7 rings (SSSR count). The molecule has 7 heteroatoms. The average molecular weight is 700 g/mol. The van der Waals surface area contributed by atoms with Gasteiger partial charge < -0.3 is 20.7 Å². The fraction of sp³-hybridized carbons (Fsp3) is 0.152. The number of benzene rings is 6. The van der Waals surface area contributed by atoms with Crippen LogP contribution in [0.3, 0.4) is 0 Å². The van der Waals surface area contributed by atoms with E-state index in [9.17, 15) is 14.4 Å². The molecule has 53 heavy (non-hydrogen) atoms. The second kappa shape index (κ2) is 16.3. The summed E-state index contributed by atoms with van der Waals surface area (Å²) < 4.78 is 5.82. The molecule has 0 heterocycles. The van der Waals surface area contributed by atoms with Gasteiger partial charge in [0.2, 0.25) is 11.8 Å². The van der Waals surface area contributed by atoms with Gasteiger partial charge in [-0.05, 0) is 50.9 Å². The first kappa shape index (κ1) is 35.0. The average Bonchev–Trinajstić information content (AvgIpc) is 3.53. The highest BCUT2D eigenvalue weighted by molar-refractivity contribution is 5.91. The Morgan fingerprint density at radius 1 is 0.585 bits per heavy atom. The summed E-state index contributed by atoms with van der Waals surface area (Å²) in [6, 6.07) is 54.0. The number of carbonyl (C=O) groups excluding carboxylic acids is 3. The van der Waals surface area contributed by atoms with Crippen LogP contribution >= 0.6 is 0 Å². The van der Waals surface area contributed by atoms with Crippen molar-refractivity contribution in [2.45, 2.75) is 30.3 Å². The molecule has 7 nitrogen and oxygen atoms in total. The van der Waals surface area contributed by atoms with E-state index in [1.54, 1.807) is 0 Å². The summed E-state index contributed by atoms with van der Waals surface area (Å²) in [5, 5.41) is 8.98. The monoisotopic (exact) mass is 699 g/mol.